The number of amides is 1. The third-order valence-corrected chi connectivity index (χ3v) is 5.07. The number of nitrogens with zero attached hydrogens (tertiary/aromatic N) is 1. The maximum atomic E-state index is 12.2. The summed E-state index contributed by atoms with van der Waals surface area (Å²) in [6, 6.07) is 5.38. The summed E-state index contributed by atoms with van der Waals surface area (Å²) in [5.74, 6) is -0.739. The van der Waals surface area contributed by atoms with Gasteiger partial charge in [0.2, 0.25) is 0 Å². The van der Waals surface area contributed by atoms with Crippen molar-refractivity contribution in [2.45, 2.75) is 44.7 Å². The number of carbonyl (C=O) groups is 2. The molecule has 0 bridgehead atoms. The largest absolute Gasteiger partial charge is 0.451 e. The summed E-state index contributed by atoms with van der Waals surface area (Å²) in [5.41, 5.74) is 0.398. The lowest BCUT2D eigenvalue weighted by atomic mass is 10.2. The van der Waals surface area contributed by atoms with E-state index in [1.54, 1.807) is 18.2 Å². The van der Waals surface area contributed by atoms with Crippen LogP contribution in [0, 0.1) is 5.92 Å². The number of ether oxygens (including phenoxy) is 1. The molecule has 1 aromatic rings. The van der Waals surface area contributed by atoms with Gasteiger partial charge in [0.15, 0.2) is 6.10 Å². The van der Waals surface area contributed by atoms with Crippen molar-refractivity contribution in [2.75, 3.05) is 6.54 Å². The second-order valence-electron chi connectivity index (χ2n) is 6.47. The normalized spacial score (nSPS) is 18.7. The number of fused-ring (bicyclic) bond motifs is 1. The standard InChI is InChI=1S/C17H23N3O5S/c1-10(2)9-18-16(21)12(4)25-17(22)11(3)19-15-13-7-5-6-8-14(13)26(23,24)20-15/h5-8,10-12H,9H2,1-4H3,(H,18,21)(H,19,20)/t11-,12+/m0/s1. The van der Waals surface area contributed by atoms with E-state index in [9.17, 15) is 18.0 Å². The fourth-order valence-electron chi connectivity index (χ4n) is 2.25. The molecule has 2 atom stereocenters. The Morgan fingerprint density at radius 3 is 2.50 bits per heavy atom. The summed E-state index contributed by atoms with van der Waals surface area (Å²) in [4.78, 5) is 28.3. The van der Waals surface area contributed by atoms with Crippen LogP contribution in [0.1, 0.15) is 33.3 Å². The first kappa shape index (κ1) is 19.9. The maximum absolute atomic E-state index is 12.2. The van der Waals surface area contributed by atoms with Crippen LogP contribution in [-0.2, 0) is 24.3 Å². The van der Waals surface area contributed by atoms with Crippen LogP contribution in [0.2, 0.25) is 0 Å². The van der Waals surface area contributed by atoms with Gasteiger partial charge in [-0.2, -0.15) is 0 Å². The smallest absolute Gasteiger partial charge is 0.331 e. The van der Waals surface area contributed by atoms with Gasteiger partial charge in [0.1, 0.15) is 11.9 Å². The molecule has 1 amide bonds. The van der Waals surface area contributed by atoms with Crippen LogP contribution in [0.3, 0.4) is 0 Å². The molecule has 1 aliphatic heterocycles. The number of aliphatic imine (C=N–C) groups is 1. The SMILES string of the molecule is CC(C)CNC(=O)[C@@H](C)OC(=O)[C@H](C)N=C1NS(=O)(=O)c2ccccc21. The molecule has 1 aliphatic rings. The third-order valence-electron chi connectivity index (χ3n) is 3.67. The van der Waals surface area contributed by atoms with Crippen LogP contribution < -0.4 is 10.0 Å². The Kier molecular flexibility index (Phi) is 6.01. The maximum Gasteiger partial charge on any atom is 0.331 e. The Bertz CT molecular complexity index is 833. The minimum atomic E-state index is -3.68. The molecule has 1 aromatic carbocycles. The average Bonchev–Trinajstić information content (AvgIpc) is 2.83. The van der Waals surface area contributed by atoms with Crippen LogP contribution in [0.25, 0.3) is 0 Å². The van der Waals surface area contributed by atoms with Crippen molar-refractivity contribution in [3.63, 3.8) is 0 Å². The molecule has 0 fully saturated rings. The van der Waals surface area contributed by atoms with Gasteiger partial charge in [0, 0.05) is 12.1 Å². The van der Waals surface area contributed by atoms with E-state index in [1.165, 1.54) is 19.9 Å². The minimum absolute atomic E-state index is 0.0852. The van der Waals surface area contributed by atoms with E-state index in [1.807, 2.05) is 13.8 Å². The Morgan fingerprint density at radius 2 is 1.85 bits per heavy atom. The van der Waals surface area contributed by atoms with Gasteiger partial charge in [-0.1, -0.05) is 26.0 Å². The van der Waals surface area contributed by atoms with Crippen LogP contribution >= 0.6 is 0 Å². The predicted octanol–water partition coefficient (Wildman–Crippen LogP) is 0.817. The number of amidine groups is 1. The predicted molar refractivity (Wildman–Crippen MR) is 96.2 cm³/mol. The van der Waals surface area contributed by atoms with E-state index in [-0.39, 0.29) is 22.6 Å². The molecule has 2 N–H and O–H groups in total. The van der Waals surface area contributed by atoms with Crippen LogP contribution in [-0.4, -0.2) is 44.8 Å². The summed E-state index contributed by atoms with van der Waals surface area (Å²) >= 11 is 0. The van der Waals surface area contributed by atoms with Gasteiger partial charge >= 0.3 is 5.97 Å². The van der Waals surface area contributed by atoms with E-state index in [2.05, 4.69) is 15.0 Å². The molecule has 1 heterocycles. The molecule has 0 aliphatic carbocycles. The van der Waals surface area contributed by atoms with Crippen molar-refractivity contribution in [1.29, 1.82) is 0 Å². The number of esters is 1. The van der Waals surface area contributed by atoms with Gasteiger partial charge in [-0.25, -0.2) is 13.2 Å². The molecule has 26 heavy (non-hydrogen) atoms. The summed E-state index contributed by atoms with van der Waals surface area (Å²) < 4.78 is 31.5. The third kappa shape index (κ3) is 4.60. The zero-order valence-corrected chi connectivity index (χ0v) is 16.0. The second kappa shape index (κ2) is 7.86. The fraction of sp³-hybridized carbons (Fsp3) is 0.471. The first-order valence-corrected chi connectivity index (χ1v) is 9.78. The molecule has 0 spiro atoms. The van der Waals surface area contributed by atoms with Crippen molar-refractivity contribution < 1.29 is 22.7 Å². The lowest BCUT2D eigenvalue weighted by Crippen LogP contribution is -2.39. The molecule has 0 saturated carbocycles. The number of hydrogen-bond acceptors (Lipinski definition) is 6. The summed E-state index contributed by atoms with van der Waals surface area (Å²) in [5, 5.41) is 2.68. The monoisotopic (exact) mass is 381 g/mol. The number of hydrogen-bond donors (Lipinski definition) is 2. The van der Waals surface area contributed by atoms with E-state index in [4.69, 9.17) is 4.74 Å². The molecule has 0 aromatic heterocycles. The molecule has 142 valence electrons. The Hall–Kier alpha value is -2.42. The van der Waals surface area contributed by atoms with Gasteiger partial charge in [-0.05, 0) is 31.9 Å². The molecule has 9 heteroatoms. The summed E-state index contributed by atoms with van der Waals surface area (Å²) in [6.07, 6.45) is -0.962. The summed E-state index contributed by atoms with van der Waals surface area (Å²) in [6.45, 7) is 7.34. The van der Waals surface area contributed by atoms with E-state index < -0.39 is 28.1 Å². The van der Waals surface area contributed by atoms with E-state index in [0.29, 0.717) is 12.1 Å². The molecular weight excluding hydrogens is 358 g/mol. The van der Waals surface area contributed by atoms with Crippen molar-refractivity contribution in [2.24, 2.45) is 10.9 Å². The van der Waals surface area contributed by atoms with Crippen LogP contribution in [0.15, 0.2) is 34.2 Å². The highest BCUT2D eigenvalue weighted by atomic mass is 32.2. The molecule has 0 unspecified atom stereocenters. The second-order valence-corrected chi connectivity index (χ2v) is 8.12. The van der Waals surface area contributed by atoms with E-state index >= 15 is 0 Å². The minimum Gasteiger partial charge on any atom is -0.451 e. The van der Waals surface area contributed by atoms with Gasteiger partial charge < -0.3 is 10.1 Å². The molecule has 2 rings (SSSR count). The Labute approximate surface area is 153 Å². The van der Waals surface area contributed by atoms with Crippen LogP contribution in [0.5, 0.6) is 0 Å². The highest BCUT2D eigenvalue weighted by Crippen LogP contribution is 2.22. The first-order valence-electron chi connectivity index (χ1n) is 8.30. The van der Waals surface area contributed by atoms with Gasteiger partial charge in [-0.3, -0.25) is 14.5 Å². The number of carbonyl (C=O) groups excluding carboxylic acids is 2. The summed E-state index contributed by atoms with van der Waals surface area (Å²) in [7, 11) is -3.68. The molecule has 0 saturated heterocycles. The number of nitrogens with one attached hydrogen (secondary N) is 2. The van der Waals surface area contributed by atoms with Crippen molar-refractivity contribution in [1.82, 2.24) is 10.0 Å². The molecular formula is C17H23N3O5S. The fourth-order valence-corrected chi connectivity index (χ4v) is 3.49. The van der Waals surface area contributed by atoms with Gasteiger partial charge in [0.05, 0.1) is 4.90 Å². The van der Waals surface area contributed by atoms with Crippen molar-refractivity contribution in [3.05, 3.63) is 29.8 Å². The molecule has 0 radical (unpaired) electrons. The first-order chi connectivity index (χ1) is 12.1. The number of rotatable bonds is 6. The Balaban J connectivity index is 2.06. The van der Waals surface area contributed by atoms with Crippen LogP contribution in [0.4, 0.5) is 0 Å². The van der Waals surface area contributed by atoms with Gasteiger partial charge in [-0.15, -0.1) is 0 Å². The van der Waals surface area contributed by atoms with E-state index in [0.717, 1.165) is 0 Å². The van der Waals surface area contributed by atoms with Gasteiger partial charge in [0.25, 0.3) is 15.9 Å². The average molecular weight is 381 g/mol. The number of sulfonamides is 1. The zero-order chi connectivity index (χ0) is 19.5. The van der Waals surface area contributed by atoms with Crippen molar-refractivity contribution in [3.8, 4) is 0 Å². The lowest BCUT2D eigenvalue weighted by molar-refractivity contribution is -0.155. The lowest BCUT2D eigenvalue weighted by Gasteiger charge is -2.16. The Morgan fingerprint density at radius 1 is 1.19 bits per heavy atom. The zero-order valence-electron chi connectivity index (χ0n) is 15.1. The van der Waals surface area contributed by atoms with Crippen molar-refractivity contribution >= 4 is 27.7 Å². The highest BCUT2D eigenvalue weighted by molar-refractivity contribution is 7.90. The number of benzene rings is 1. The topological polar surface area (TPSA) is 114 Å². The quantitative estimate of drug-likeness (QED) is 0.708. The molecule has 8 nitrogen and oxygen atoms in total. The highest BCUT2D eigenvalue weighted by Gasteiger charge is 2.31.